The molecule has 2 N–H and O–H groups in total. The first-order valence-corrected chi connectivity index (χ1v) is 8.45. The second kappa shape index (κ2) is 7.69. The van der Waals surface area contributed by atoms with Crippen molar-refractivity contribution in [1.82, 2.24) is 20.3 Å². The number of hydrogen-bond acceptors (Lipinski definition) is 7. The molecule has 1 aromatic carbocycles. The number of nitrogens with one attached hydrogen (secondary N) is 2. The molecule has 8 heteroatoms. The van der Waals surface area contributed by atoms with Crippen LogP contribution in [0.15, 0.2) is 55.0 Å². The van der Waals surface area contributed by atoms with E-state index in [2.05, 4.69) is 25.6 Å². The van der Waals surface area contributed by atoms with Crippen molar-refractivity contribution in [3.63, 3.8) is 0 Å². The third-order valence-corrected chi connectivity index (χ3v) is 3.86. The first kappa shape index (κ1) is 16.8. The van der Waals surface area contributed by atoms with Crippen LogP contribution < -0.4 is 20.1 Å². The molecular formula is C19H17N5O3. The van der Waals surface area contributed by atoms with Gasteiger partial charge in [-0.15, -0.1) is 0 Å². The quantitative estimate of drug-likeness (QED) is 0.718. The molecule has 0 bridgehead atoms. The minimum absolute atomic E-state index is 0.235. The largest absolute Gasteiger partial charge is 0.486 e. The van der Waals surface area contributed by atoms with E-state index in [1.54, 1.807) is 6.20 Å². The lowest BCUT2D eigenvalue weighted by molar-refractivity contribution is 0.0945. The lowest BCUT2D eigenvalue weighted by atomic mass is 10.2. The summed E-state index contributed by atoms with van der Waals surface area (Å²) < 4.78 is 11.1. The Kier molecular flexibility index (Phi) is 4.78. The van der Waals surface area contributed by atoms with Gasteiger partial charge >= 0.3 is 0 Å². The highest BCUT2D eigenvalue weighted by Crippen LogP contribution is 2.33. The average Bonchev–Trinajstić information content (AvgIpc) is 2.73. The molecule has 1 aliphatic heterocycles. The van der Waals surface area contributed by atoms with Gasteiger partial charge in [0.15, 0.2) is 11.5 Å². The number of benzene rings is 1. The van der Waals surface area contributed by atoms with Gasteiger partial charge in [-0.2, -0.15) is 0 Å². The van der Waals surface area contributed by atoms with Gasteiger partial charge in [0.25, 0.3) is 5.91 Å². The third-order valence-electron chi connectivity index (χ3n) is 3.86. The van der Waals surface area contributed by atoms with Gasteiger partial charge in [-0.3, -0.25) is 9.78 Å². The maximum atomic E-state index is 12.2. The summed E-state index contributed by atoms with van der Waals surface area (Å²) in [6.45, 7) is 1.41. The average molecular weight is 363 g/mol. The molecule has 0 aliphatic carbocycles. The number of aromatic nitrogens is 3. The maximum absolute atomic E-state index is 12.2. The summed E-state index contributed by atoms with van der Waals surface area (Å²) in [5, 5.41) is 5.89. The van der Waals surface area contributed by atoms with Crippen molar-refractivity contribution in [3.8, 4) is 11.5 Å². The van der Waals surface area contributed by atoms with Gasteiger partial charge in [-0.25, -0.2) is 9.97 Å². The topological polar surface area (TPSA) is 98.3 Å². The van der Waals surface area contributed by atoms with Crippen molar-refractivity contribution < 1.29 is 14.3 Å². The molecule has 0 spiro atoms. The Morgan fingerprint density at radius 2 is 1.89 bits per heavy atom. The molecule has 3 heterocycles. The molecule has 136 valence electrons. The normalized spacial score (nSPS) is 12.3. The van der Waals surface area contributed by atoms with E-state index < -0.39 is 0 Å². The summed E-state index contributed by atoms with van der Waals surface area (Å²) in [6.07, 6.45) is 4.61. The van der Waals surface area contributed by atoms with E-state index >= 15 is 0 Å². The number of hydrogen-bond donors (Lipinski definition) is 2. The second-order valence-electron chi connectivity index (χ2n) is 5.77. The Hall–Kier alpha value is -3.68. The monoisotopic (exact) mass is 363 g/mol. The van der Waals surface area contributed by atoms with Crippen LogP contribution >= 0.6 is 0 Å². The van der Waals surface area contributed by atoms with Gasteiger partial charge in [0.05, 0.1) is 24.6 Å². The molecule has 1 amide bonds. The number of nitrogens with zero attached hydrogens (tertiary/aromatic N) is 3. The molecular weight excluding hydrogens is 346 g/mol. The fourth-order valence-corrected chi connectivity index (χ4v) is 2.54. The highest BCUT2D eigenvalue weighted by molar-refractivity contribution is 5.92. The minimum atomic E-state index is -0.306. The van der Waals surface area contributed by atoms with Crippen LogP contribution in [0.5, 0.6) is 11.5 Å². The number of anilines is 2. The number of carbonyl (C=O) groups excluding carboxylic acids is 1. The predicted molar refractivity (Wildman–Crippen MR) is 98.2 cm³/mol. The van der Waals surface area contributed by atoms with E-state index in [1.807, 2.05) is 36.4 Å². The zero-order valence-corrected chi connectivity index (χ0v) is 14.4. The van der Waals surface area contributed by atoms with Crippen molar-refractivity contribution >= 4 is 17.4 Å². The zero-order chi connectivity index (χ0) is 18.5. The predicted octanol–water partition coefficient (Wildman–Crippen LogP) is 2.32. The lowest BCUT2D eigenvalue weighted by Crippen LogP contribution is -2.24. The van der Waals surface area contributed by atoms with Crippen LogP contribution in [0.25, 0.3) is 0 Å². The number of fused-ring (bicyclic) bond motifs is 1. The maximum Gasteiger partial charge on any atom is 0.271 e. The fraction of sp³-hybridized carbons (Fsp3) is 0.158. The Bertz CT molecular complexity index is 932. The summed E-state index contributed by atoms with van der Waals surface area (Å²) in [6, 6.07) is 11.1. The second-order valence-corrected chi connectivity index (χ2v) is 5.77. The molecule has 3 aromatic rings. The van der Waals surface area contributed by atoms with E-state index in [9.17, 15) is 4.79 Å². The molecule has 27 heavy (non-hydrogen) atoms. The summed E-state index contributed by atoms with van der Waals surface area (Å²) in [7, 11) is 0. The molecule has 0 unspecified atom stereocenters. The van der Waals surface area contributed by atoms with Crippen molar-refractivity contribution in [3.05, 3.63) is 66.4 Å². The molecule has 0 radical (unpaired) electrons. The van der Waals surface area contributed by atoms with Crippen molar-refractivity contribution in [1.29, 1.82) is 0 Å². The molecule has 0 fully saturated rings. The van der Waals surface area contributed by atoms with Gasteiger partial charge in [0.1, 0.15) is 24.7 Å². The molecule has 2 aromatic heterocycles. The van der Waals surface area contributed by atoms with Crippen LogP contribution in [0.2, 0.25) is 0 Å². The SMILES string of the molecule is O=C(NCc1ccccn1)c1cnc(Nc2ccc3c(c2)OCCO3)cn1. The van der Waals surface area contributed by atoms with Crippen LogP contribution in [-0.2, 0) is 6.54 Å². The minimum Gasteiger partial charge on any atom is -0.486 e. The Morgan fingerprint density at radius 1 is 1.00 bits per heavy atom. The van der Waals surface area contributed by atoms with Gasteiger partial charge in [0, 0.05) is 18.0 Å². The Morgan fingerprint density at radius 3 is 2.67 bits per heavy atom. The molecule has 1 aliphatic rings. The molecule has 0 saturated carbocycles. The Labute approximate surface area is 155 Å². The first-order valence-electron chi connectivity index (χ1n) is 8.45. The highest BCUT2D eigenvalue weighted by Gasteiger charge is 2.12. The highest BCUT2D eigenvalue weighted by atomic mass is 16.6. The standard InChI is InChI=1S/C19H17N5O3/c25-19(23-10-14-3-1-2-6-20-14)15-11-22-18(12-21-15)24-13-4-5-16-17(9-13)27-8-7-26-16/h1-6,9,11-12H,7-8,10H2,(H,22,24)(H,23,25). The van der Waals surface area contributed by atoms with Gasteiger partial charge < -0.3 is 20.1 Å². The van der Waals surface area contributed by atoms with E-state index in [-0.39, 0.29) is 11.6 Å². The first-order chi connectivity index (χ1) is 13.3. The number of pyridine rings is 1. The van der Waals surface area contributed by atoms with Crippen LogP contribution in [0.4, 0.5) is 11.5 Å². The molecule has 0 saturated heterocycles. The zero-order valence-electron chi connectivity index (χ0n) is 14.4. The van der Waals surface area contributed by atoms with Crippen LogP contribution in [-0.4, -0.2) is 34.1 Å². The van der Waals surface area contributed by atoms with E-state index in [4.69, 9.17) is 9.47 Å². The van der Waals surface area contributed by atoms with E-state index in [1.165, 1.54) is 12.4 Å². The van der Waals surface area contributed by atoms with Crippen molar-refractivity contribution in [2.75, 3.05) is 18.5 Å². The lowest BCUT2D eigenvalue weighted by Gasteiger charge is -2.19. The smallest absolute Gasteiger partial charge is 0.271 e. The van der Waals surface area contributed by atoms with Crippen molar-refractivity contribution in [2.24, 2.45) is 0 Å². The molecule has 4 rings (SSSR count). The van der Waals surface area contributed by atoms with E-state index in [0.717, 1.165) is 17.1 Å². The number of ether oxygens (including phenoxy) is 2. The van der Waals surface area contributed by atoms with Crippen LogP contribution in [0.1, 0.15) is 16.2 Å². The van der Waals surface area contributed by atoms with Crippen LogP contribution in [0.3, 0.4) is 0 Å². The number of carbonyl (C=O) groups is 1. The van der Waals surface area contributed by atoms with Crippen molar-refractivity contribution in [2.45, 2.75) is 6.54 Å². The third kappa shape index (κ3) is 4.12. The van der Waals surface area contributed by atoms with E-state index in [0.29, 0.717) is 31.3 Å². The van der Waals surface area contributed by atoms with Gasteiger partial charge in [-0.05, 0) is 24.3 Å². The number of rotatable bonds is 5. The van der Waals surface area contributed by atoms with Gasteiger partial charge in [0.2, 0.25) is 0 Å². The summed E-state index contributed by atoms with van der Waals surface area (Å²) in [5.74, 6) is 1.62. The molecule has 0 atom stereocenters. The summed E-state index contributed by atoms with van der Waals surface area (Å²) >= 11 is 0. The summed E-state index contributed by atoms with van der Waals surface area (Å²) in [5.41, 5.74) is 1.80. The summed E-state index contributed by atoms with van der Waals surface area (Å²) in [4.78, 5) is 24.7. The Balaban J connectivity index is 1.38. The van der Waals surface area contributed by atoms with Gasteiger partial charge in [-0.1, -0.05) is 6.07 Å². The number of amides is 1. The fourth-order valence-electron chi connectivity index (χ4n) is 2.54. The molecule has 8 nitrogen and oxygen atoms in total. The van der Waals surface area contributed by atoms with Crippen LogP contribution in [0, 0.1) is 0 Å².